The molecule has 0 aliphatic carbocycles. The van der Waals surface area contributed by atoms with Crippen LogP contribution in [0.3, 0.4) is 0 Å². The van der Waals surface area contributed by atoms with Gasteiger partial charge in [0.25, 0.3) is 5.91 Å². The van der Waals surface area contributed by atoms with Crippen molar-refractivity contribution >= 4 is 49.8 Å². The molecule has 1 fully saturated rings. The number of nitrogens with one attached hydrogen (secondary N) is 1. The fourth-order valence-corrected chi connectivity index (χ4v) is 5.96. The lowest BCUT2D eigenvalue weighted by atomic mass is 10.2. The quantitative estimate of drug-likeness (QED) is 0.562. The van der Waals surface area contributed by atoms with E-state index in [-0.39, 0.29) is 11.7 Å². The highest BCUT2D eigenvalue weighted by Crippen LogP contribution is 2.28. The molecule has 2 heterocycles. The molecule has 1 aliphatic rings. The minimum Gasteiger partial charge on any atom is -0.296 e. The highest BCUT2D eigenvalue weighted by atomic mass is 32.2. The minimum atomic E-state index is -3.31. The Labute approximate surface area is 167 Å². The third-order valence-electron chi connectivity index (χ3n) is 3.91. The SMILES string of the molecule is CC(C)CSc1nnc(NC(=O)c2cccc(N3CCCCS3(=O)=O)c2)s1. The van der Waals surface area contributed by atoms with E-state index in [9.17, 15) is 13.2 Å². The molecule has 1 amide bonds. The predicted octanol–water partition coefficient (Wildman–Crippen LogP) is 3.47. The van der Waals surface area contributed by atoms with Crippen LogP contribution >= 0.6 is 23.1 Å². The molecular weight excluding hydrogens is 404 g/mol. The van der Waals surface area contributed by atoms with Crippen molar-refractivity contribution in [2.45, 2.75) is 31.0 Å². The number of carbonyl (C=O) groups is 1. The maximum absolute atomic E-state index is 12.5. The van der Waals surface area contributed by atoms with E-state index in [1.807, 2.05) is 0 Å². The Morgan fingerprint density at radius 3 is 2.89 bits per heavy atom. The van der Waals surface area contributed by atoms with Crippen LogP contribution in [-0.2, 0) is 10.0 Å². The van der Waals surface area contributed by atoms with Crippen molar-refractivity contribution in [2.24, 2.45) is 5.92 Å². The van der Waals surface area contributed by atoms with Crippen LogP contribution in [0.25, 0.3) is 0 Å². The summed E-state index contributed by atoms with van der Waals surface area (Å²) in [5.41, 5.74) is 0.910. The number of carbonyl (C=O) groups excluding carboxylic acids is 1. The van der Waals surface area contributed by atoms with Gasteiger partial charge in [-0.25, -0.2) is 8.42 Å². The van der Waals surface area contributed by atoms with Crippen LogP contribution < -0.4 is 9.62 Å². The molecule has 1 saturated heterocycles. The summed E-state index contributed by atoms with van der Waals surface area (Å²) in [6, 6.07) is 6.67. The van der Waals surface area contributed by atoms with E-state index >= 15 is 0 Å². The van der Waals surface area contributed by atoms with Gasteiger partial charge in [0.05, 0.1) is 11.4 Å². The number of amides is 1. The molecule has 1 aromatic carbocycles. The lowest BCUT2D eigenvalue weighted by molar-refractivity contribution is 0.102. The first-order valence-electron chi connectivity index (χ1n) is 8.73. The van der Waals surface area contributed by atoms with Crippen molar-refractivity contribution in [2.75, 3.05) is 27.7 Å². The minimum absolute atomic E-state index is 0.144. The molecule has 146 valence electrons. The molecule has 27 heavy (non-hydrogen) atoms. The molecule has 7 nitrogen and oxygen atoms in total. The van der Waals surface area contributed by atoms with E-state index < -0.39 is 10.0 Å². The second kappa shape index (κ2) is 8.57. The van der Waals surface area contributed by atoms with Gasteiger partial charge in [0.15, 0.2) is 4.34 Å². The zero-order valence-corrected chi connectivity index (χ0v) is 17.7. The lowest BCUT2D eigenvalue weighted by Crippen LogP contribution is -2.37. The standard InChI is InChI=1S/C17H22N4O3S3/c1-12(2)11-25-17-20-19-16(26-17)18-15(22)13-6-5-7-14(10-13)21-8-3-4-9-27(21,23)24/h5-7,10,12H,3-4,8-9,11H2,1-2H3,(H,18,19,22). The van der Waals surface area contributed by atoms with Gasteiger partial charge in [-0.15, -0.1) is 10.2 Å². The first kappa shape index (κ1) is 20.1. The van der Waals surface area contributed by atoms with Gasteiger partial charge in [-0.3, -0.25) is 14.4 Å². The molecule has 3 rings (SSSR count). The number of benzene rings is 1. The average molecular weight is 427 g/mol. The zero-order chi connectivity index (χ0) is 19.4. The smallest absolute Gasteiger partial charge is 0.257 e. The molecule has 10 heteroatoms. The molecular formula is C17H22N4O3S3. The van der Waals surface area contributed by atoms with E-state index in [0.717, 1.165) is 16.5 Å². The van der Waals surface area contributed by atoms with Crippen LogP contribution in [0.4, 0.5) is 10.8 Å². The molecule has 2 aromatic rings. The molecule has 0 saturated carbocycles. The van der Waals surface area contributed by atoms with Crippen molar-refractivity contribution in [3.8, 4) is 0 Å². The number of hydrogen-bond acceptors (Lipinski definition) is 7. The van der Waals surface area contributed by atoms with Crippen LogP contribution in [0.1, 0.15) is 37.0 Å². The Balaban J connectivity index is 1.70. The molecule has 1 aliphatic heterocycles. The number of nitrogens with zero attached hydrogens (tertiary/aromatic N) is 3. The van der Waals surface area contributed by atoms with Gasteiger partial charge in [-0.1, -0.05) is 43.0 Å². The van der Waals surface area contributed by atoms with E-state index in [1.54, 1.807) is 36.0 Å². The Hall–Kier alpha value is -1.65. The Morgan fingerprint density at radius 2 is 2.15 bits per heavy atom. The van der Waals surface area contributed by atoms with Gasteiger partial charge < -0.3 is 0 Å². The molecule has 0 spiro atoms. The molecule has 0 atom stereocenters. The number of hydrogen-bond donors (Lipinski definition) is 1. The Kier molecular flexibility index (Phi) is 6.38. The monoisotopic (exact) mass is 426 g/mol. The van der Waals surface area contributed by atoms with Crippen LogP contribution in [0, 0.1) is 5.92 Å². The Morgan fingerprint density at radius 1 is 1.33 bits per heavy atom. The maximum atomic E-state index is 12.5. The van der Waals surface area contributed by atoms with Crippen LogP contribution in [0.2, 0.25) is 0 Å². The third-order valence-corrected chi connectivity index (χ3v) is 8.18. The third kappa shape index (κ3) is 5.20. The topological polar surface area (TPSA) is 92.3 Å². The van der Waals surface area contributed by atoms with Gasteiger partial charge in [0, 0.05) is 17.9 Å². The van der Waals surface area contributed by atoms with Gasteiger partial charge in [0.2, 0.25) is 15.2 Å². The van der Waals surface area contributed by atoms with Crippen molar-refractivity contribution in [3.05, 3.63) is 29.8 Å². The van der Waals surface area contributed by atoms with Crippen molar-refractivity contribution in [1.82, 2.24) is 10.2 Å². The predicted molar refractivity (Wildman–Crippen MR) is 110 cm³/mol. The normalized spacial score (nSPS) is 16.5. The summed E-state index contributed by atoms with van der Waals surface area (Å²) < 4.78 is 26.7. The summed E-state index contributed by atoms with van der Waals surface area (Å²) >= 11 is 2.95. The molecule has 0 unspecified atom stereocenters. The van der Waals surface area contributed by atoms with E-state index in [1.165, 1.54) is 15.6 Å². The van der Waals surface area contributed by atoms with Crippen molar-refractivity contribution in [1.29, 1.82) is 0 Å². The number of aromatic nitrogens is 2. The molecule has 1 aromatic heterocycles. The summed E-state index contributed by atoms with van der Waals surface area (Å²) in [5.74, 6) is 1.30. The largest absolute Gasteiger partial charge is 0.296 e. The summed E-state index contributed by atoms with van der Waals surface area (Å²) in [7, 11) is -3.31. The zero-order valence-electron chi connectivity index (χ0n) is 15.2. The van der Waals surface area contributed by atoms with E-state index in [0.29, 0.717) is 35.3 Å². The van der Waals surface area contributed by atoms with Gasteiger partial charge in [0.1, 0.15) is 0 Å². The number of sulfonamides is 1. The second-order valence-corrected chi connectivity index (χ2v) is 10.9. The second-order valence-electron chi connectivity index (χ2n) is 6.68. The summed E-state index contributed by atoms with van der Waals surface area (Å²) in [6.45, 7) is 4.71. The summed E-state index contributed by atoms with van der Waals surface area (Å²) in [4.78, 5) is 12.5. The van der Waals surface area contributed by atoms with Gasteiger partial charge in [-0.05, 0) is 37.0 Å². The van der Waals surface area contributed by atoms with Gasteiger partial charge in [-0.2, -0.15) is 0 Å². The first-order chi connectivity index (χ1) is 12.8. The molecule has 0 bridgehead atoms. The maximum Gasteiger partial charge on any atom is 0.257 e. The number of thioether (sulfide) groups is 1. The summed E-state index contributed by atoms with van der Waals surface area (Å²) in [6.07, 6.45) is 1.49. The summed E-state index contributed by atoms with van der Waals surface area (Å²) in [5, 5.41) is 11.3. The number of anilines is 2. The molecule has 1 N–H and O–H groups in total. The van der Waals surface area contributed by atoms with Crippen LogP contribution in [0.5, 0.6) is 0 Å². The van der Waals surface area contributed by atoms with E-state index in [2.05, 4.69) is 29.4 Å². The fraction of sp³-hybridized carbons (Fsp3) is 0.471. The first-order valence-corrected chi connectivity index (χ1v) is 12.1. The highest BCUT2D eigenvalue weighted by molar-refractivity contribution is 8.01. The van der Waals surface area contributed by atoms with Crippen LogP contribution in [0.15, 0.2) is 28.6 Å². The molecule has 0 radical (unpaired) electrons. The fourth-order valence-electron chi connectivity index (χ4n) is 2.61. The van der Waals surface area contributed by atoms with Crippen LogP contribution in [-0.4, -0.2) is 42.6 Å². The van der Waals surface area contributed by atoms with E-state index in [4.69, 9.17) is 0 Å². The highest BCUT2D eigenvalue weighted by Gasteiger charge is 2.26. The lowest BCUT2D eigenvalue weighted by Gasteiger charge is -2.28. The average Bonchev–Trinajstić information content (AvgIpc) is 3.07. The van der Waals surface area contributed by atoms with Gasteiger partial charge >= 0.3 is 0 Å². The van der Waals surface area contributed by atoms with Crippen molar-refractivity contribution in [3.63, 3.8) is 0 Å². The number of rotatable bonds is 6. The Bertz CT molecular complexity index is 912. The van der Waals surface area contributed by atoms with Crippen molar-refractivity contribution < 1.29 is 13.2 Å².